The average Bonchev–Trinajstić information content (AvgIpc) is 2.88. The fourth-order valence-electron chi connectivity index (χ4n) is 4.34. The Balaban J connectivity index is 1.56. The lowest BCUT2D eigenvalue weighted by Crippen LogP contribution is -2.52. The van der Waals surface area contributed by atoms with Gasteiger partial charge in [-0.3, -0.25) is 4.79 Å². The molecule has 1 fully saturated rings. The Morgan fingerprint density at radius 3 is 2.66 bits per heavy atom. The van der Waals surface area contributed by atoms with Crippen LogP contribution in [0.2, 0.25) is 5.02 Å². The molecule has 4 rings (SSSR count). The molecule has 2 aliphatic rings. The fraction of sp³-hybridized carbons (Fsp3) is 0.417. The minimum Gasteiger partial charge on any atom is -0.492 e. The zero-order valence-electron chi connectivity index (χ0n) is 19.5. The number of rotatable bonds is 6. The highest BCUT2D eigenvalue weighted by atomic mass is 35.5. The Morgan fingerprint density at radius 1 is 1.17 bits per heavy atom. The molecule has 2 aromatic rings. The van der Waals surface area contributed by atoms with Gasteiger partial charge in [-0.2, -0.15) is 4.31 Å². The third-order valence-corrected chi connectivity index (χ3v) is 8.23. The molecule has 0 unspecified atom stereocenters. The highest BCUT2D eigenvalue weighted by molar-refractivity contribution is 7.89. The largest absolute Gasteiger partial charge is 0.492 e. The number of amides is 1. The van der Waals surface area contributed by atoms with Crippen molar-refractivity contribution in [2.24, 2.45) is 5.92 Å². The molecule has 1 saturated heterocycles. The lowest BCUT2D eigenvalue weighted by atomic mass is 9.97. The lowest BCUT2D eigenvalue weighted by molar-refractivity contribution is -0.148. The maximum Gasteiger partial charge on any atom is 0.348 e. The van der Waals surface area contributed by atoms with Crippen molar-refractivity contribution in [1.29, 1.82) is 0 Å². The maximum atomic E-state index is 13.6. The molecule has 11 heteroatoms. The molecule has 9 nitrogen and oxygen atoms in total. The van der Waals surface area contributed by atoms with Crippen LogP contribution in [0.5, 0.6) is 11.5 Å². The van der Waals surface area contributed by atoms with Crippen LogP contribution < -0.4 is 14.4 Å². The second-order valence-corrected chi connectivity index (χ2v) is 10.6. The number of sulfonamides is 1. The molecule has 2 atom stereocenters. The van der Waals surface area contributed by atoms with Gasteiger partial charge < -0.3 is 19.1 Å². The van der Waals surface area contributed by atoms with Crippen LogP contribution in [0.3, 0.4) is 0 Å². The molecule has 2 aromatic carbocycles. The zero-order valence-corrected chi connectivity index (χ0v) is 21.0. The number of hydrogen-bond donors (Lipinski definition) is 0. The van der Waals surface area contributed by atoms with Gasteiger partial charge in [0.1, 0.15) is 11.5 Å². The van der Waals surface area contributed by atoms with E-state index in [0.29, 0.717) is 43.2 Å². The van der Waals surface area contributed by atoms with Crippen molar-refractivity contribution in [2.75, 3.05) is 38.3 Å². The van der Waals surface area contributed by atoms with Crippen molar-refractivity contribution in [1.82, 2.24) is 4.31 Å². The van der Waals surface area contributed by atoms with Crippen LogP contribution in [0.1, 0.15) is 19.8 Å². The number of fused-ring (bicyclic) bond motifs is 1. The van der Waals surface area contributed by atoms with Crippen molar-refractivity contribution in [3.63, 3.8) is 0 Å². The van der Waals surface area contributed by atoms with E-state index in [1.165, 1.54) is 34.5 Å². The first-order valence-corrected chi connectivity index (χ1v) is 13.2. The number of piperidine rings is 1. The molecule has 188 valence electrons. The molecule has 0 N–H and O–H groups in total. The second-order valence-electron chi connectivity index (χ2n) is 8.27. The van der Waals surface area contributed by atoms with Gasteiger partial charge in [-0.1, -0.05) is 23.7 Å². The van der Waals surface area contributed by atoms with Gasteiger partial charge >= 0.3 is 5.97 Å². The van der Waals surface area contributed by atoms with E-state index in [1.807, 2.05) is 6.92 Å². The number of methoxy groups -OCH3 is 1. The maximum absolute atomic E-state index is 13.6. The van der Waals surface area contributed by atoms with E-state index in [1.54, 1.807) is 24.3 Å². The van der Waals surface area contributed by atoms with E-state index >= 15 is 0 Å². The molecular formula is C24H27ClN2O7S. The molecule has 0 spiro atoms. The number of benzene rings is 2. The average molecular weight is 523 g/mol. The monoisotopic (exact) mass is 522 g/mol. The lowest BCUT2D eigenvalue weighted by Gasteiger charge is -2.38. The molecule has 2 heterocycles. The summed E-state index contributed by atoms with van der Waals surface area (Å²) < 4.78 is 44.0. The minimum absolute atomic E-state index is 0.0136. The number of anilines is 1. The Kier molecular flexibility index (Phi) is 7.53. The van der Waals surface area contributed by atoms with Crippen molar-refractivity contribution in [3.05, 3.63) is 47.5 Å². The van der Waals surface area contributed by atoms with E-state index in [0.717, 1.165) is 0 Å². The van der Waals surface area contributed by atoms with Crippen LogP contribution in [-0.4, -0.2) is 64.1 Å². The predicted octanol–water partition coefficient (Wildman–Crippen LogP) is 3.11. The number of para-hydroxylation sites is 2. The van der Waals surface area contributed by atoms with Gasteiger partial charge in [0.15, 0.2) is 0 Å². The Morgan fingerprint density at radius 2 is 1.94 bits per heavy atom. The first-order chi connectivity index (χ1) is 16.8. The molecule has 0 aromatic heterocycles. The van der Waals surface area contributed by atoms with Crippen molar-refractivity contribution in [3.8, 4) is 11.5 Å². The minimum atomic E-state index is -3.88. The smallest absolute Gasteiger partial charge is 0.348 e. The number of carbonyl (C=O) groups is 2. The molecular weight excluding hydrogens is 496 g/mol. The van der Waals surface area contributed by atoms with Gasteiger partial charge in [0.25, 0.3) is 0 Å². The zero-order chi connectivity index (χ0) is 25.2. The molecule has 0 radical (unpaired) electrons. The molecule has 0 saturated carbocycles. The van der Waals surface area contributed by atoms with Gasteiger partial charge in [0.05, 0.1) is 41.8 Å². The van der Waals surface area contributed by atoms with E-state index in [2.05, 4.69) is 0 Å². The van der Waals surface area contributed by atoms with Gasteiger partial charge in [0, 0.05) is 13.1 Å². The van der Waals surface area contributed by atoms with E-state index in [-0.39, 0.29) is 28.9 Å². The van der Waals surface area contributed by atoms with Crippen LogP contribution in [0.4, 0.5) is 5.69 Å². The predicted molar refractivity (Wildman–Crippen MR) is 129 cm³/mol. The quantitative estimate of drug-likeness (QED) is 0.537. The highest BCUT2D eigenvalue weighted by Gasteiger charge is 2.40. The van der Waals surface area contributed by atoms with Crippen molar-refractivity contribution in [2.45, 2.75) is 30.8 Å². The first-order valence-electron chi connectivity index (χ1n) is 11.3. The summed E-state index contributed by atoms with van der Waals surface area (Å²) in [6, 6.07) is 11.3. The summed E-state index contributed by atoms with van der Waals surface area (Å²) in [4.78, 5) is 27.3. The number of ether oxygens (including phenoxy) is 3. The number of hydrogen-bond acceptors (Lipinski definition) is 7. The van der Waals surface area contributed by atoms with E-state index in [9.17, 15) is 18.0 Å². The topological polar surface area (TPSA) is 102 Å². The molecule has 2 aliphatic heterocycles. The van der Waals surface area contributed by atoms with Crippen molar-refractivity contribution >= 4 is 39.2 Å². The van der Waals surface area contributed by atoms with Crippen LogP contribution in [0, 0.1) is 5.92 Å². The van der Waals surface area contributed by atoms with Gasteiger partial charge in [0.2, 0.25) is 22.0 Å². The molecule has 35 heavy (non-hydrogen) atoms. The highest BCUT2D eigenvalue weighted by Crippen LogP contribution is 2.36. The summed E-state index contributed by atoms with van der Waals surface area (Å²) in [5.41, 5.74) is 0.538. The molecule has 0 aliphatic carbocycles. The van der Waals surface area contributed by atoms with Crippen LogP contribution >= 0.6 is 11.6 Å². The van der Waals surface area contributed by atoms with Crippen LogP contribution in [0.15, 0.2) is 47.4 Å². The van der Waals surface area contributed by atoms with Gasteiger partial charge in [-0.25, -0.2) is 13.2 Å². The second kappa shape index (κ2) is 10.4. The Labute approximate surface area is 209 Å². The summed E-state index contributed by atoms with van der Waals surface area (Å²) in [6.45, 7) is 2.52. The molecule has 0 bridgehead atoms. The number of carbonyl (C=O) groups excluding carboxylic acids is 2. The summed E-state index contributed by atoms with van der Waals surface area (Å²) in [6.07, 6.45) is 0.0812. The summed E-state index contributed by atoms with van der Waals surface area (Å²) in [5, 5.41) is 0.205. The Bertz CT molecular complexity index is 1220. The third-order valence-electron chi connectivity index (χ3n) is 6.08. The summed E-state index contributed by atoms with van der Waals surface area (Å²) in [5.74, 6) is -0.629. The standard InChI is InChI=1S/C24H27ClN2O7S/c1-3-33-20-11-10-17(13-18(20)25)35(30,31)26-12-6-7-16(14-26)23(28)27-15-22(24(29)32-2)34-21-9-5-4-8-19(21)27/h4-5,8-11,13,16,22H,3,6-7,12,14-15H2,1-2H3/t16-,22-/m1/s1. The van der Waals surface area contributed by atoms with E-state index in [4.69, 9.17) is 25.8 Å². The number of nitrogens with zero attached hydrogens (tertiary/aromatic N) is 2. The van der Waals surface area contributed by atoms with Gasteiger partial charge in [-0.15, -0.1) is 0 Å². The first kappa shape index (κ1) is 25.3. The third kappa shape index (κ3) is 5.10. The normalized spacial score (nSPS) is 20.5. The fourth-order valence-corrected chi connectivity index (χ4v) is 6.19. The van der Waals surface area contributed by atoms with E-state index < -0.39 is 28.0 Å². The number of esters is 1. The van der Waals surface area contributed by atoms with Crippen LogP contribution in [-0.2, 0) is 24.3 Å². The summed E-state index contributed by atoms with van der Waals surface area (Å²) in [7, 11) is -2.62. The SMILES string of the molecule is CCOc1ccc(S(=O)(=O)N2CCC[C@@H](C(=O)N3C[C@H](C(=O)OC)Oc4ccccc43)C2)cc1Cl. The molecule has 1 amide bonds. The Hall–Kier alpha value is -2.82. The summed E-state index contributed by atoms with van der Waals surface area (Å²) >= 11 is 6.21. The van der Waals surface area contributed by atoms with Crippen molar-refractivity contribution < 1.29 is 32.2 Å². The number of halogens is 1. The van der Waals surface area contributed by atoms with Crippen LogP contribution in [0.25, 0.3) is 0 Å². The van der Waals surface area contributed by atoms with Gasteiger partial charge in [-0.05, 0) is 50.1 Å².